The highest BCUT2D eigenvalue weighted by Crippen LogP contribution is 2.26. The molecule has 0 radical (unpaired) electrons. The molecule has 1 N–H and O–H groups in total. The van der Waals surface area contributed by atoms with Gasteiger partial charge in [0.2, 0.25) is 0 Å². The van der Waals surface area contributed by atoms with Gasteiger partial charge in [-0.2, -0.15) is 5.10 Å². The number of thiophene rings is 1. The molecule has 0 bridgehead atoms. The van der Waals surface area contributed by atoms with E-state index in [-0.39, 0.29) is 11.5 Å². The Morgan fingerprint density at radius 2 is 1.88 bits per heavy atom. The number of aromatic amines is 1. The van der Waals surface area contributed by atoms with Crippen molar-refractivity contribution in [1.82, 2.24) is 15.1 Å². The smallest absolute Gasteiger partial charge is 0.254 e. The Morgan fingerprint density at radius 1 is 1.08 bits per heavy atom. The molecule has 3 aromatic rings. The molecule has 5 nitrogen and oxygen atoms in total. The van der Waals surface area contributed by atoms with Crippen molar-refractivity contribution in [3.63, 3.8) is 0 Å². The van der Waals surface area contributed by atoms with Crippen LogP contribution in [-0.2, 0) is 0 Å². The zero-order chi connectivity index (χ0) is 18.1. The van der Waals surface area contributed by atoms with E-state index in [2.05, 4.69) is 15.1 Å². The second kappa shape index (κ2) is 6.87. The first-order valence-corrected chi connectivity index (χ1v) is 9.08. The molecule has 0 spiro atoms. The topological polar surface area (TPSA) is 52.2 Å². The van der Waals surface area contributed by atoms with Crippen LogP contribution in [-0.4, -0.2) is 47.2 Å². The number of hydrogen-bond donors (Lipinski definition) is 1. The SMILES string of the molecule is O=C(c1ccc(F)c(F)c1)N1CCN(c2cc(-c3cccs3)[nH]n2)CC1. The van der Waals surface area contributed by atoms with Crippen molar-refractivity contribution in [3.8, 4) is 10.6 Å². The Morgan fingerprint density at radius 3 is 2.58 bits per heavy atom. The van der Waals surface area contributed by atoms with Crippen LogP contribution < -0.4 is 4.90 Å². The highest BCUT2D eigenvalue weighted by atomic mass is 32.1. The van der Waals surface area contributed by atoms with Gasteiger partial charge in [-0.15, -0.1) is 11.3 Å². The number of nitrogens with one attached hydrogen (secondary N) is 1. The van der Waals surface area contributed by atoms with Gasteiger partial charge in [0.1, 0.15) is 0 Å². The maximum atomic E-state index is 13.3. The predicted octanol–water partition coefficient (Wildman–Crippen LogP) is 3.38. The molecule has 3 heterocycles. The molecule has 1 aliphatic rings. The Balaban J connectivity index is 1.41. The summed E-state index contributed by atoms with van der Waals surface area (Å²) in [4.78, 5) is 17.3. The monoisotopic (exact) mass is 374 g/mol. The van der Waals surface area contributed by atoms with E-state index in [4.69, 9.17) is 0 Å². The molecule has 1 aliphatic heterocycles. The summed E-state index contributed by atoms with van der Waals surface area (Å²) in [7, 11) is 0. The summed E-state index contributed by atoms with van der Waals surface area (Å²) >= 11 is 1.64. The zero-order valence-corrected chi connectivity index (χ0v) is 14.6. The standard InChI is InChI=1S/C18H16F2N4OS/c19-13-4-3-12(10-14(13)20)18(25)24-7-5-23(6-8-24)17-11-15(21-22-17)16-2-1-9-26-16/h1-4,9-11H,5-8H2,(H,21,22). The fourth-order valence-corrected chi connectivity index (χ4v) is 3.67. The van der Waals surface area contributed by atoms with Crippen molar-refractivity contribution in [2.24, 2.45) is 0 Å². The summed E-state index contributed by atoms with van der Waals surface area (Å²) in [6.07, 6.45) is 0. The van der Waals surface area contributed by atoms with Crippen molar-refractivity contribution in [2.75, 3.05) is 31.1 Å². The van der Waals surface area contributed by atoms with Gasteiger partial charge in [0.15, 0.2) is 17.5 Å². The second-order valence-corrected chi connectivity index (χ2v) is 6.97. The number of amides is 1. The molecule has 1 saturated heterocycles. The van der Waals surface area contributed by atoms with Crippen LogP contribution in [0, 0.1) is 11.6 Å². The molecule has 0 unspecified atom stereocenters. The molecule has 4 rings (SSSR count). The molecular weight excluding hydrogens is 358 g/mol. The second-order valence-electron chi connectivity index (χ2n) is 6.03. The Hall–Kier alpha value is -2.74. The van der Waals surface area contributed by atoms with Crippen molar-refractivity contribution >= 4 is 23.1 Å². The average molecular weight is 374 g/mol. The third kappa shape index (κ3) is 3.20. The van der Waals surface area contributed by atoms with Crippen molar-refractivity contribution in [2.45, 2.75) is 0 Å². The van der Waals surface area contributed by atoms with Crippen LogP contribution in [0.3, 0.4) is 0 Å². The minimum absolute atomic E-state index is 0.164. The first-order valence-electron chi connectivity index (χ1n) is 8.20. The molecule has 0 saturated carbocycles. The van der Waals surface area contributed by atoms with Gasteiger partial charge in [0.05, 0.1) is 10.6 Å². The van der Waals surface area contributed by atoms with E-state index in [0.29, 0.717) is 26.2 Å². The minimum Gasteiger partial charge on any atom is -0.352 e. The molecule has 1 fully saturated rings. The largest absolute Gasteiger partial charge is 0.352 e. The number of nitrogens with zero attached hydrogens (tertiary/aromatic N) is 3. The summed E-state index contributed by atoms with van der Waals surface area (Å²) < 4.78 is 26.4. The Bertz CT molecular complexity index is 917. The van der Waals surface area contributed by atoms with E-state index in [1.165, 1.54) is 6.07 Å². The van der Waals surface area contributed by atoms with Crippen molar-refractivity contribution < 1.29 is 13.6 Å². The van der Waals surface area contributed by atoms with E-state index < -0.39 is 11.6 Å². The van der Waals surface area contributed by atoms with Crippen LogP contribution in [0.1, 0.15) is 10.4 Å². The van der Waals surface area contributed by atoms with Crippen molar-refractivity contribution in [3.05, 3.63) is 59.0 Å². The van der Waals surface area contributed by atoms with Gasteiger partial charge in [-0.25, -0.2) is 8.78 Å². The first-order chi connectivity index (χ1) is 12.6. The summed E-state index contributed by atoms with van der Waals surface area (Å²) in [5, 5.41) is 9.41. The van der Waals surface area contributed by atoms with E-state index >= 15 is 0 Å². The third-order valence-electron chi connectivity index (χ3n) is 4.41. The number of carbonyl (C=O) groups is 1. The Kier molecular flexibility index (Phi) is 4.42. The normalized spacial score (nSPS) is 14.7. The van der Waals surface area contributed by atoms with Crippen LogP contribution >= 0.6 is 11.3 Å². The number of halogens is 2. The first kappa shape index (κ1) is 16.7. The number of benzene rings is 1. The lowest BCUT2D eigenvalue weighted by Gasteiger charge is -2.34. The number of carbonyl (C=O) groups excluding carboxylic acids is 1. The maximum Gasteiger partial charge on any atom is 0.254 e. The van der Waals surface area contributed by atoms with Gasteiger partial charge in [0.25, 0.3) is 5.91 Å². The van der Waals surface area contributed by atoms with Crippen LogP contribution in [0.15, 0.2) is 41.8 Å². The lowest BCUT2D eigenvalue weighted by Crippen LogP contribution is -2.49. The molecular formula is C18H16F2N4OS. The quantitative estimate of drug-likeness (QED) is 0.765. The van der Waals surface area contributed by atoms with Gasteiger partial charge in [-0.3, -0.25) is 9.89 Å². The lowest BCUT2D eigenvalue weighted by molar-refractivity contribution is 0.0746. The van der Waals surface area contributed by atoms with Crippen molar-refractivity contribution in [1.29, 1.82) is 0 Å². The number of H-pyrrole nitrogens is 1. The van der Waals surface area contributed by atoms with Crippen LogP contribution in [0.4, 0.5) is 14.6 Å². The van der Waals surface area contributed by atoms with E-state index in [1.54, 1.807) is 16.2 Å². The minimum atomic E-state index is -1.01. The van der Waals surface area contributed by atoms with Crippen LogP contribution in [0.2, 0.25) is 0 Å². The van der Waals surface area contributed by atoms with Gasteiger partial charge in [-0.1, -0.05) is 6.07 Å². The fraction of sp³-hybridized carbons (Fsp3) is 0.222. The summed E-state index contributed by atoms with van der Waals surface area (Å²) in [5.41, 5.74) is 1.13. The van der Waals surface area contributed by atoms with Gasteiger partial charge in [-0.05, 0) is 29.6 Å². The average Bonchev–Trinajstić information content (AvgIpc) is 3.35. The number of hydrogen-bond acceptors (Lipinski definition) is 4. The summed E-state index contributed by atoms with van der Waals surface area (Å²) in [6.45, 7) is 2.26. The fourth-order valence-electron chi connectivity index (χ4n) is 2.98. The molecule has 1 aromatic carbocycles. The van der Waals surface area contributed by atoms with E-state index in [0.717, 1.165) is 28.5 Å². The molecule has 134 valence electrons. The Labute approximate surface area is 152 Å². The van der Waals surface area contributed by atoms with E-state index in [9.17, 15) is 13.6 Å². The highest BCUT2D eigenvalue weighted by molar-refractivity contribution is 7.13. The summed E-state index contributed by atoms with van der Waals surface area (Å²) in [5.74, 6) is -1.41. The molecule has 26 heavy (non-hydrogen) atoms. The van der Waals surface area contributed by atoms with Crippen LogP contribution in [0.25, 0.3) is 10.6 Å². The lowest BCUT2D eigenvalue weighted by atomic mass is 10.1. The number of rotatable bonds is 3. The molecule has 0 aliphatic carbocycles. The summed E-state index contributed by atoms with van der Waals surface area (Å²) in [6, 6.07) is 9.26. The third-order valence-corrected chi connectivity index (χ3v) is 5.31. The number of aromatic nitrogens is 2. The van der Waals surface area contributed by atoms with Crippen LogP contribution in [0.5, 0.6) is 0 Å². The number of piperazine rings is 1. The number of anilines is 1. The molecule has 8 heteroatoms. The van der Waals surface area contributed by atoms with Gasteiger partial charge < -0.3 is 9.80 Å². The predicted molar refractivity (Wildman–Crippen MR) is 96.4 cm³/mol. The highest BCUT2D eigenvalue weighted by Gasteiger charge is 2.24. The zero-order valence-electron chi connectivity index (χ0n) is 13.8. The van der Waals surface area contributed by atoms with Gasteiger partial charge >= 0.3 is 0 Å². The molecule has 1 amide bonds. The van der Waals surface area contributed by atoms with E-state index in [1.807, 2.05) is 23.6 Å². The molecule has 2 aromatic heterocycles. The molecule has 0 atom stereocenters. The maximum absolute atomic E-state index is 13.3. The van der Waals surface area contributed by atoms with Gasteiger partial charge in [0, 0.05) is 37.8 Å².